The average Bonchev–Trinajstić information content (AvgIpc) is 2.69. The molecule has 0 saturated heterocycles. The zero-order valence-electron chi connectivity index (χ0n) is 9.69. The number of aromatic nitrogens is 3. The molecule has 0 aliphatic carbocycles. The van der Waals surface area contributed by atoms with Gasteiger partial charge in [0, 0.05) is 6.07 Å². The second-order valence-electron chi connectivity index (χ2n) is 3.39. The van der Waals surface area contributed by atoms with Gasteiger partial charge in [-0.05, 0) is 13.0 Å². The predicted octanol–water partition coefficient (Wildman–Crippen LogP) is 1.07. The molecule has 0 aliphatic heterocycles. The monoisotopic (exact) mass is 235 g/mol. The molecule has 6 nitrogen and oxygen atoms in total. The maximum Gasteiger partial charge on any atom is 0.313 e. The molecule has 2 rings (SSSR count). The van der Waals surface area contributed by atoms with Crippen LogP contribution in [0.4, 0.5) is 0 Å². The molecule has 17 heavy (non-hydrogen) atoms. The first-order chi connectivity index (χ1) is 8.22. The van der Waals surface area contributed by atoms with Gasteiger partial charge in [-0.1, -0.05) is 0 Å². The van der Waals surface area contributed by atoms with Crippen molar-refractivity contribution in [1.29, 1.82) is 0 Å². The van der Waals surface area contributed by atoms with Crippen molar-refractivity contribution in [3.8, 4) is 5.88 Å². The van der Waals surface area contributed by atoms with Crippen molar-refractivity contribution < 1.29 is 14.3 Å². The van der Waals surface area contributed by atoms with Crippen molar-refractivity contribution in [3.63, 3.8) is 0 Å². The lowest BCUT2D eigenvalue weighted by Gasteiger charge is -1.97. The van der Waals surface area contributed by atoms with Gasteiger partial charge in [-0.3, -0.25) is 4.79 Å². The van der Waals surface area contributed by atoms with Gasteiger partial charge in [0.25, 0.3) is 0 Å². The van der Waals surface area contributed by atoms with Crippen molar-refractivity contribution in [1.82, 2.24) is 15.0 Å². The molecule has 0 radical (unpaired) electrons. The zero-order chi connectivity index (χ0) is 12.3. The quantitative estimate of drug-likeness (QED) is 0.802. The fourth-order valence-electron chi connectivity index (χ4n) is 1.47. The van der Waals surface area contributed by atoms with Crippen LogP contribution in [0.2, 0.25) is 0 Å². The Balaban J connectivity index is 2.22. The van der Waals surface area contributed by atoms with Gasteiger partial charge < -0.3 is 14.5 Å². The summed E-state index contributed by atoms with van der Waals surface area (Å²) in [5, 5.41) is 0. The van der Waals surface area contributed by atoms with Crippen molar-refractivity contribution in [3.05, 3.63) is 18.0 Å². The number of esters is 1. The Morgan fingerprint density at radius 1 is 1.41 bits per heavy atom. The van der Waals surface area contributed by atoms with E-state index in [1.165, 1.54) is 0 Å². The average molecular weight is 235 g/mol. The van der Waals surface area contributed by atoms with Crippen molar-refractivity contribution in [2.24, 2.45) is 0 Å². The molecular weight excluding hydrogens is 222 g/mol. The van der Waals surface area contributed by atoms with Crippen LogP contribution < -0.4 is 4.74 Å². The van der Waals surface area contributed by atoms with E-state index in [9.17, 15) is 4.79 Å². The second-order valence-corrected chi connectivity index (χ2v) is 3.39. The number of H-pyrrole nitrogens is 1. The highest BCUT2D eigenvalue weighted by atomic mass is 16.5. The fraction of sp³-hybridized carbons (Fsp3) is 0.364. The van der Waals surface area contributed by atoms with Gasteiger partial charge in [0.05, 0.1) is 19.2 Å². The molecule has 0 aromatic carbocycles. The van der Waals surface area contributed by atoms with E-state index in [1.807, 2.05) is 6.07 Å². The minimum Gasteiger partial charge on any atom is -0.481 e. The lowest BCUT2D eigenvalue weighted by molar-refractivity contribution is -0.142. The summed E-state index contributed by atoms with van der Waals surface area (Å²) in [5.74, 6) is 0.726. The third-order valence-electron chi connectivity index (χ3n) is 2.20. The molecule has 2 aromatic heterocycles. The van der Waals surface area contributed by atoms with Gasteiger partial charge >= 0.3 is 5.97 Å². The highest BCUT2D eigenvalue weighted by Crippen LogP contribution is 2.14. The Labute approximate surface area is 98.0 Å². The van der Waals surface area contributed by atoms with Gasteiger partial charge in [0.2, 0.25) is 5.88 Å². The lowest BCUT2D eigenvalue weighted by Crippen LogP contribution is -2.08. The van der Waals surface area contributed by atoms with E-state index in [4.69, 9.17) is 9.47 Å². The van der Waals surface area contributed by atoms with Gasteiger partial charge in [-0.25, -0.2) is 4.98 Å². The number of carbonyl (C=O) groups excluding carboxylic acids is 1. The van der Waals surface area contributed by atoms with Gasteiger partial charge in [-0.15, -0.1) is 0 Å². The van der Waals surface area contributed by atoms with Crippen LogP contribution in [-0.4, -0.2) is 34.6 Å². The van der Waals surface area contributed by atoms with E-state index in [0.717, 1.165) is 5.52 Å². The van der Waals surface area contributed by atoms with Gasteiger partial charge in [0.15, 0.2) is 5.65 Å². The third-order valence-corrected chi connectivity index (χ3v) is 2.20. The highest BCUT2D eigenvalue weighted by molar-refractivity contribution is 5.75. The SMILES string of the molecule is CCOC(=O)Cc1nc2nc(OC)ccc2[nH]1. The van der Waals surface area contributed by atoms with E-state index in [2.05, 4.69) is 15.0 Å². The number of ether oxygens (including phenoxy) is 2. The molecule has 90 valence electrons. The molecule has 0 amide bonds. The van der Waals surface area contributed by atoms with Gasteiger partial charge in [0.1, 0.15) is 12.2 Å². The Morgan fingerprint density at radius 3 is 2.94 bits per heavy atom. The molecule has 2 heterocycles. The molecule has 0 aliphatic rings. The minimum atomic E-state index is -0.307. The molecule has 2 aromatic rings. The molecule has 0 spiro atoms. The molecule has 6 heteroatoms. The lowest BCUT2D eigenvalue weighted by atomic mass is 10.4. The number of fused-ring (bicyclic) bond motifs is 1. The number of aromatic amines is 1. The smallest absolute Gasteiger partial charge is 0.313 e. The standard InChI is InChI=1S/C11H13N3O3/c1-3-17-10(15)6-8-12-7-4-5-9(16-2)14-11(7)13-8/h4-5H,3,6H2,1-2H3,(H,12,13,14). The maximum absolute atomic E-state index is 11.3. The number of rotatable bonds is 4. The van der Waals surface area contributed by atoms with Crippen LogP contribution in [0.15, 0.2) is 12.1 Å². The van der Waals surface area contributed by atoms with Crippen LogP contribution in [0.5, 0.6) is 5.88 Å². The number of nitrogens with zero attached hydrogens (tertiary/aromatic N) is 2. The first kappa shape index (κ1) is 11.4. The molecule has 0 saturated carbocycles. The molecule has 0 bridgehead atoms. The van der Waals surface area contributed by atoms with Gasteiger partial charge in [-0.2, -0.15) is 4.98 Å². The molecule has 0 unspecified atom stereocenters. The number of nitrogens with one attached hydrogen (secondary N) is 1. The summed E-state index contributed by atoms with van der Waals surface area (Å²) in [4.78, 5) is 22.6. The summed E-state index contributed by atoms with van der Waals surface area (Å²) in [6, 6.07) is 3.54. The highest BCUT2D eigenvalue weighted by Gasteiger charge is 2.10. The van der Waals surface area contributed by atoms with E-state index in [0.29, 0.717) is 24.0 Å². The predicted molar refractivity (Wildman–Crippen MR) is 60.8 cm³/mol. The Kier molecular flexibility index (Phi) is 3.22. The minimum absolute atomic E-state index is 0.118. The largest absolute Gasteiger partial charge is 0.481 e. The fourth-order valence-corrected chi connectivity index (χ4v) is 1.47. The normalized spacial score (nSPS) is 10.5. The summed E-state index contributed by atoms with van der Waals surface area (Å²) >= 11 is 0. The van der Waals surface area contributed by atoms with Crippen LogP contribution >= 0.6 is 0 Å². The van der Waals surface area contributed by atoms with Crippen molar-refractivity contribution in [2.45, 2.75) is 13.3 Å². The number of pyridine rings is 1. The first-order valence-corrected chi connectivity index (χ1v) is 5.28. The number of imidazole rings is 1. The van der Waals surface area contributed by atoms with Crippen LogP contribution in [0, 0.1) is 0 Å². The van der Waals surface area contributed by atoms with E-state index < -0.39 is 0 Å². The molecular formula is C11H13N3O3. The number of hydrogen-bond donors (Lipinski definition) is 1. The summed E-state index contributed by atoms with van der Waals surface area (Å²) in [6.45, 7) is 2.13. The summed E-state index contributed by atoms with van der Waals surface area (Å²) in [6.07, 6.45) is 0.118. The van der Waals surface area contributed by atoms with E-state index >= 15 is 0 Å². The molecule has 0 atom stereocenters. The Morgan fingerprint density at radius 2 is 2.24 bits per heavy atom. The maximum atomic E-state index is 11.3. The van der Waals surface area contributed by atoms with Crippen LogP contribution in [0.3, 0.4) is 0 Å². The number of hydrogen-bond acceptors (Lipinski definition) is 5. The van der Waals surface area contributed by atoms with Crippen LogP contribution in [-0.2, 0) is 16.0 Å². The Hall–Kier alpha value is -2.11. The summed E-state index contributed by atoms with van der Waals surface area (Å²) in [5.41, 5.74) is 1.30. The Bertz CT molecular complexity index is 536. The van der Waals surface area contributed by atoms with Crippen LogP contribution in [0.25, 0.3) is 11.2 Å². The first-order valence-electron chi connectivity index (χ1n) is 5.28. The number of methoxy groups -OCH3 is 1. The zero-order valence-corrected chi connectivity index (χ0v) is 9.69. The molecule has 1 N–H and O–H groups in total. The third kappa shape index (κ3) is 2.52. The van der Waals surface area contributed by atoms with E-state index in [-0.39, 0.29) is 12.4 Å². The topological polar surface area (TPSA) is 77.1 Å². The van der Waals surface area contributed by atoms with Crippen LogP contribution in [0.1, 0.15) is 12.7 Å². The van der Waals surface area contributed by atoms with E-state index in [1.54, 1.807) is 20.1 Å². The molecule has 0 fully saturated rings. The summed E-state index contributed by atoms with van der Waals surface area (Å²) < 4.78 is 9.84. The number of carbonyl (C=O) groups is 1. The van der Waals surface area contributed by atoms with Crippen molar-refractivity contribution in [2.75, 3.05) is 13.7 Å². The summed E-state index contributed by atoms with van der Waals surface area (Å²) in [7, 11) is 1.54. The van der Waals surface area contributed by atoms with Crippen molar-refractivity contribution >= 4 is 17.1 Å². The second kappa shape index (κ2) is 4.82.